The van der Waals surface area contributed by atoms with Crippen molar-refractivity contribution in [3.05, 3.63) is 58.6 Å². The van der Waals surface area contributed by atoms with Crippen LogP contribution in [0.3, 0.4) is 0 Å². The number of hydrogen-bond acceptors (Lipinski definition) is 3. The molecule has 8 heteroatoms. The van der Waals surface area contributed by atoms with E-state index in [9.17, 15) is 9.59 Å². The van der Waals surface area contributed by atoms with Gasteiger partial charge in [-0.25, -0.2) is 10.2 Å². The molecule has 0 aromatic heterocycles. The molecular weight excluding hydrogens is 341 g/mol. The van der Waals surface area contributed by atoms with Crippen molar-refractivity contribution in [2.45, 2.75) is 0 Å². The predicted molar refractivity (Wildman–Crippen MR) is 88.7 cm³/mol. The standard InChI is InChI=1S/C15H13Cl2N3O3/c16-10-5-7-11(8-6-10)18-15(22)20-19-14(21)9-23-13-4-2-1-3-12(13)17/h1-8H,9H2,(H,19,21)(H2,18,20,22). The molecule has 120 valence electrons. The molecular formula is C15H13Cl2N3O3. The molecule has 0 radical (unpaired) electrons. The molecule has 23 heavy (non-hydrogen) atoms. The maximum Gasteiger partial charge on any atom is 0.337 e. The Morgan fingerprint density at radius 3 is 2.35 bits per heavy atom. The Bertz CT molecular complexity index is 693. The highest BCUT2D eigenvalue weighted by atomic mass is 35.5. The molecule has 2 rings (SSSR count). The lowest BCUT2D eigenvalue weighted by atomic mass is 10.3. The van der Waals surface area contributed by atoms with Crippen LogP contribution >= 0.6 is 23.2 Å². The third kappa shape index (κ3) is 5.69. The van der Waals surface area contributed by atoms with Gasteiger partial charge >= 0.3 is 6.03 Å². The Kier molecular flexibility index (Phi) is 6.08. The molecule has 0 unspecified atom stereocenters. The number of ether oxygens (including phenoxy) is 1. The molecule has 3 N–H and O–H groups in total. The summed E-state index contributed by atoms with van der Waals surface area (Å²) in [7, 11) is 0. The van der Waals surface area contributed by atoms with Gasteiger partial charge in [-0.15, -0.1) is 0 Å². The molecule has 0 bridgehead atoms. The fourth-order valence-electron chi connectivity index (χ4n) is 1.56. The quantitative estimate of drug-likeness (QED) is 0.738. The first-order valence-electron chi connectivity index (χ1n) is 6.53. The summed E-state index contributed by atoms with van der Waals surface area (Å²) in [5.74, 6) is -0.147. The predicted octanol–water partition coefficient (Wildman–Crippen LogP) is 3.23. The summed E-state index contributed by atoms with van der Waals surface area (Å²) in [6.07, 6.45) is 0. The largest absolute Gasteiger partial charge is 0.482 e. The van der Waals surface area contributed by atoms with Crippen molar-refractivity contribution >= 4 is 40.8 Å². The normalized spacial score (nSPS) is 9.83. The van der Waals surface area contributed by atoms with Crippen LogP contribution in [0.15, 0.2) is 48.5 Å². The number of anilines is 1. The van der Waals surface area contributed by atoms with E-state index >= 15 is 0 Å². The van der Waals surface area contributed by atoms with Crippen molar-refractivity contribution in [3.63, 3.8) is 0 Å². The second kappa shape index (κ2) is 8.26. The van der Waals surface area contributed by atoms with Gasteiger partial charge < -0.3 is 10.1 Å². The SMILES string of the molecule is O=C(COc1ccccc1Cl)NNC(=O)Nc1ccc(Cl)cc1. The number of urea groups is 1. The Balaban J connectivity index is 1.72. The number of halogens is 2. The van der Waals surface area contributed by atoms with E-state index in [1.165, 1.54) is 0 Å². The van der Waals surface area contributed by atoms with Crippen LogP contribution in [0.2, 0.25) is 10.0 Å². The number of amides is 3. The van der Waals surface area contributed by atoms with E-state index in [0.29, 0.717) is 21.5 Å². The Morgan fingerprint density at radius 1 is 0.957 bits per heavy atom. The molecule has 2 aromatic rings. The number of hydrazine groups is 1. The van der Waals surface area contributed by atoms with Gasteiger partial charge in [0.25, 0.3) is 5.91 Å². The van der Waals surface area contributed by atoms with E-state index < -0.39 is 11.9 Å². The minimum absolute atomic E-state index is 0.287. The summed E-state index contributed by atoms with van der Waals surface area (Å²) in [6.45, 7) is -0.287. The summed E-state index contributed by atoms with van der Waals surface area (Å²) in [4.78, 5) is 23.2. The van der Waals surface area contributed by atoms with E-state index in [1.807, 2.05) is 0 Å². The van der Waals surface area contributed by atoms with E-state index in [1.54, 1.807) is 48.5 Å². The molecule has 0 aliphatic carbocycles. The molecule has 0 saturated heterocycles. The number of rotatable bonds is 4. The summed E-state index contributed by atoms with van der Waals surface area (Å²) in [5.41, 5.74) is 4.95. The molecule has 0 fully saturated rings. The van der Waals surface area contributed by atoms with Crippen LogP contribution in [0.25, 0.3) is 0 Å². The number of nitrogens with one attached hydrogen (secondary N) is 3. The van der Waals surface area contributed by atoms with Gasteiger partial charge in [-0.2, -0.15) is 0 Å². The fraction of sp³-hybridized carbons (Fsp3) is 0.0667. The van der Waals surface area contributed by atoms with Gasteiger partial charge in [-0.3, -0.25) is 10.2 Å². The second-order valence-corrected chi connectivity index (χ2v) is 5.20. The van der Waals surface area contributed by atoms with Crippen LogP contribution in [-0.4, -0.2) is 18.5 Å². The zero-order valence-electron chi connectivity index (χ0n) is 11.8. The van der Waals surface area contributed by atoms with Gasteiger partial charge in [0, 0.05) is 10.7 Å². The average Bonchev–Trinajstić information content (AvgIpc) is 2.54. The summed E-state index contributed by atoms with van der Waals surface area (Å²) in [5, 5.41) is 3.48. The molecule has 0 aliphatic heterocycles. The topological polar surface area (TPSA) is 79.5 Å². The first-order chi connectivity index (χ1) is 11.0. The highest BCUT2D eigenvalue weighted by Crippen LogP contribution is 2.22. The van der Waals surface area contributed by atoms with Crippen molar-refractivity contribution in [2.24, 2.45) is 0 Å². The average molecular weight is 354 g/mol. The third-order valence-corrected chi connectivity index (χ3v) is 3.18. The van der Waals surface area contributed by atoms with Gasteiger partial charge in [0.15, 0.2) is 6.61 Å². The first kappa shape index (κ1) is 16.9. The Labute approximate surface area is 142 Å². The van der Waals surface area contributed by atoms with Gasteiger partial charge in [0.05, 0.1) is 5.02 Å². The summed E-state index contributed by atoms with van der Waals surface area (Å²) < 4.78 is 5.23. The van der Waals surface area contributed by atoms with Crippen molar-refractivity contribution in [2.75, 3.05) is 11.9 Å². The Hall–Kier alpha value is -2.44. The van der Waals surface area contributed by atoms with E-state index in [2.05, 4.69) is 16.2 Å². The molecule has 0 aliphatic rings. The summed E-state index contributed by atoms with van der Waals surface area (Å²) in [6, 6.07) is 12.7. The first-order valence-corrected chi connectivity index (χ1v) is 7.29. The molecule has 6 nitrogen and oxygen atoms in total. The lowest BCUT2D eigenvalue weighted by Gasteiger charge is -2.10. The van der Waals surface area contributed by atoms with Gasteiger partial charge in [-0.05, 0) is 36.4 Å². The zero-order valence-corrected chi connectivity index (χ0v) is 13.3. The van der Waals surface area contributed by atoms with Crippen LogP contribution in [-0.2, 0) is 4.79 Å². The fourth-order valence-corrected chi connectivity index (χ4v) is 1.88. The summed E-state index contributed by atoms with van der Waals surface area (Å²) >= 11 is 11.6. The Morgan fingerprint density at radius 2 is 1.65 bits per heavy atom. The molecule has 0 atom stereocenters. The lowest BCUT2D eigenvalue weighted by molar-refractivity contribution is -0.123. The van der Waals surface area contributed by atoms with E-state index in [4.69, 9.17) is 27.9 Å². The van der Waals surface area contributed by atoms with Crippen LogP contribution in [0, 0.1) is 0 Å². The van der Waals surface area contributed by atoms with Crippen LogP contribution < -0.4 is 20.9 Å². The zero-order chi connectivity index (χ0) is 16.7. The van der Waals surface area contributed by atoms with Gasteiger partial charge in [0.1, 0.15) is 5.75 Å². The minimum atomic E-state index is -0.599. The van der Waals surface area contributed by atoms with Crippen LogP contribution in [0.5, 0.6) is 5.75 Å². The van der Waals surface area contributed by atoms with E-state index in [0.717, 1.165) is 0 Å². The number of carbonyl (C=O) groups excluding carboxylic acids is 2. The van der Waals surface area contributed by atoms with Crippen molar-refractivity contribution in [1.82, 2.24) is 10.9 Å². The molecule has 0 heterocycles. The highest BCUT2D eigenvalue weighted by molar-refractivity contribution is 6.32. The molecule has 0 spiro atoms. The highest BCUT2D eigenvalue weighted by Gasteiger charge is 2.07. The monoisotopic (exact) mass is 353 g/mol. The van der Waals surface area contributed by atoms with Crippen LogP contribution in [0.4, 0.5) is 10.5 Å². The van der Waals surface area contributed by atoms with Gasteiger partial charge in [-0.1, -0.05) is 35.3 Å². The lowest BCUT2D eigenvalue weighted by Crippen LogP contribution is -2.45. The number of hydrogen-bond donors (Lipinski definition) is 3. The molecule has 2 aromatic carbocycles. The van der Waals surface area contributed by atoms with Crippen molar-refractivity contribution in [3.8, 4) is 5.75 Å². The molecule has 0 saturated carbocycles. The smallest absolute Gasteiger partial charge is 0.337 e. The van der Waals surface area contributed by atoms with Crippen molar-refractivity contribution < 1.29 is 14.3 Å². The van der Waals surface area contributed by atoms with Crippen molar-refractivity contribution in [1.29, 1.82) is 0 Å². The molecule has 3 amide bonds. The number of benzene rings is 2. The number of carbonyl (C=O) groups is 2. The van der Waals surface area contributed by atoms with Crippen LogP contribution in [0.1, 0.15) is 0 Å². The maximum absolute atomic E-state index is 11.6. The maximum atomic E-state index is 11.6. The third-order valence-electron chi connectivity index (χ3n) is 2.61. The van der Waals surface area contributed by atoms with E-state index in [-0.39, 0.29) is 6.61 Å². The number of para-hydroxylation sites is 1. The minimum Gasteiger partial charge on any atom is -0.482 e. The second-order valence-electron chi connectivity index (χ2n) is 4.35. The van der Waals surface area contributed by atoms with Gasteiger partial charge in [0.2, 0.25) is 0 Å².